The molecule has 22 heavy (non-hydrogen) atoms. The summed E-state index contributed by atoms with van der Waals surface area (Å²) in [6.45, 7) is 0. The fourth-order valence-corrected chi connectivity index (χ4v) is 3.16. The maximum absolute atomic E-state index is 11.8. The van der Waals surface area contributed by atoms with Crippen LogP contribution in [0.25, 0.3) is 27.5 Å². The smallest absolute Gasteiger partial charge is 0.205 e. The minimum absolute atomic E-state index is 0.103. The number of rotatable bonds is 1. The molecule has 0 saturated heterocycles. The van der Waals surface area contributed by atoms with Crippen molar-refractivity contribution in [2.45, 2.75) is 0 Å². The molecule has 0 amide bonds. The van der Waals surface area contributed by atoms with Crippen molar-refractivity contribution < 1.29 is 0 Å². The molecule has 2 heterocycles. The number of H-pyrrole nitrogens is 1. The lowest BCUT2D eigenvalue weighted by atomic mass is 10.1. The first-order valence-electron chi connectivity index (χ1n) is 7.06. The third-order valence-electron chi connectivity index (χ3n) is 4.22. The number of nitrogens with one attached hydrogen (secondary N) is 1. The van der Waals surface area contributed by atoms with Gasteiger partial charge in [0.2, 0.25) is 10.9 Å². The molecule has 4 heteroatoms. The summed E-state index contributed by atoms with van der Waals surface area (Å²) < 4.78 is 1.74. The second-order valence-corrected chi connectivity index (χ2v) is 5.49. The largest absolute Gasteiger partial charge is 0.355 e. The number of nitrogens with zero attached hydrogens (tertiary/aromatic N) is 1. The van der Waals surface area contributed by atoms with Crippen molar-refractivity contribution in [1.82, 2.24) is 9.55 Å². The van der Waals surface area contributed by atoms with E-state index < -0.39 is 0 Å². The molecule has 3 aromatic rings. The molecule has 1 aliphatic heterocycles. The fourth-order valence-electron chi connectivity index (χ4n) is 3.16. The highest BCUT2D eigenvalue weighted by Gasteiger charge is 2.17. The van der Waals surface area contributed by atoms with E-state index in [2.05, 4.69) is 11.1 Å². The first-order chi connectivity index (χ1) is 10.7. The molecule has 1 N–H and O–H groups in total. The number of hydrogen-bond donors (Lipinski definition) is 1. The Bertz CT molecular complexity index is 1270. The first kappa shape index (κ1) is 11.5. The van der Waals surface area contributed by atoms with Crippen LogP contribution < -0.4 is 10.9 Å². The molecule has 0 atom stereocenters. The molecular formula is C18H10N2O2. The van der Waals surface area contributed by atoms with Crippen molar-refractivity contribution in [2.24, 2.45) is 0 Å². The summed E-state index contributed by atoms with van der Waals surface area (Å²) in [6.07, 6.45) is 0. The topological polar surface area (TPSA) is 54.9 Å². The van der Waals surface area contributed by atoms with Crippen LogP contribution in [-0.2, 0) is 0 Å². The maximum atomic E-state index is 11.8. The number of aromatic amines is 1. The second kappa shape index (κ2) is 3.74. The lowest BCUT2D eigenvalue weighted by molar-refractivity contribution is 1.15. The standard InChI is InChI=1S/C18H10N2O2/c21-15-7-8-16(22)18-17(15)20(18)10-5-6-14-12(9-10)11-3-1-2-4-13(11)19-14/h1-9,19H. The summed E-state index contributed by atoms with van der Waals surface area (Å²) in [6, 6.07) is 16.7. The van der Waals surface area contributed by atoms with E-state index in [1.54, 1.807) is 4.57 Å². The monoisotopic (exact) mass is 286 g/mol. The van der Waals surface area contributed by atoms with Crippen LogP contribution in [0.4, 0.5) is 0 Å². The quantitative estimate of drug-likeness (QED) is 0.514. The third-order valence-corrected chi connectivity index (χ3v) is 4.22. The molecule has 2 aromatic carbocycles. The van der Waals surface area contributed by atoms with Gasteiger partial charge >= 0.3 is 0 Å². The van der Waals surface area contributed by atoms with Gasteiger partial charge in [-0.15, -0.1) is 0 Å². The van der Waals surface area contributed by atoms with Crippen LogP contribution in [0.15, 0.2) is 64.2 Å². The van der Waals surface area contributed by atoms with Gasteiger partial charge in [0, 0.05) is 27.5 Å². The Hall–Kier alpha value is -3.14. The van der Waals surface area contributed by atoms with E-state index >= 15 is 0 Å². The number of para-hydroxylation sites is 1. The number of benzene rings is 2. The van der Waals surface area contributed by atoms with Crippen LogP contribution in [0.1, 0.15) is 0 Å². The highest BCUT2D eigenvalue weighted by molar-refractivity contribution is 6.07. The van der Waals surface area contributed by atoms with Crippen LogP contribution in [0, 0.1) is 10.7 Å². The van der Waals surface area contributed by atoms with Crippen LogP contribution >= 0.6 is 0 Å². The first-order valence-corrected chi connectivity index (χ1v) is 7.06. The summed E-state index contributed by atoms with van der Waals surface area (Å²) in [7, 11) is 0. The Morgan fingerprint density at radius 2 is 1.41 bits per heavy atom. The fraction of sp³-hybridized carbons (Fsp3) is 0. The minimum Gasteiger partial charge on any atom is -0.355 e. The predicted octanol–water partition coefficient (Wildman–Crippen LogP) is 2.43. The van der Waals surface area contributed by atoms with E-state index in [0.717, 1.165) is 27.5 Å². The molecule has 5 rings (SSSR count). The molecule has 1 aliphatic carbocycles. The lowest BCUT2D eigenvalue weighted by Gasteiger charge is -1.97. The van der Waals surface area contributed by atoms with E-state index in [1.807, 2.05) is 36.4 Å². The van der Waals surface area contributed by atoms with Gasteiger partial charge in [-0.1, -0.05) is 18.2 Å². The molecule has 0 unspecified atom stereocenters. The minimum atomic E-state index is -0.103. The van der Waals surface area contributed by atoms with Crippen LogP contribution in [0.3, 0.4) is 0 Å². The SMILES string of the molecule is O=c1ccc(=O)c2n(-c3ccc4[nH]c5ccccc5c4c3)c1=2. The summed E-state index contributed by atoms with van der Waals surface area (Å²) in [5, 5.41) is 3.24. The summed E-state index contributed by atoms with van der Waals surface area (Å²) in [5.74, 6) is 0. The highest BCUT2D eigenvalue weighted by atomic mass is 16.1. The number of hydrogen-bond acceptors (Lipinski definition) is 2. The number of aromatic nitrogens is 2. The van der Waals surface area contributed by atoms with Crippen molar-refractivity contribution in [3.63, 3.8) is 0 Å². The Labute approximate surface area is 123 Å². The molecule has 0 fully saturated rings. The van der Waals surface area contributed by atoms with Crippen molar-refractivity contribution in [3.05, 3.63) is 85.7 Å². The van der Waals surface area contributed by atoms with Gasteiger partial charge in [-0.25, -0.2) is 0 Å². The third kappa shape index (κ3) is 1.36. The van der Waals surface area contributed by atoms with Gasteiger partial charge in [-0.05, 0) is 36.4 Å². The Kier molecular flexibility index (Phi) is 1.96. The zero-order valence-corrected chi connectivity index (χ0v) is 11.5. The van der Waals surface area contributed by atoms with Crippen molar-refractivity contribution in [1.29, 1.82) is 0 Å². The van der Waals surface area contributed by atoms with E-state index in [0.29, 0.717) is 10.7 Å². The zero-order valence-electron chi connectivity index (χ0n) is 11.5. The maximum Gasteiger partial charge on any atom is 0.205 e. The average Bonchev–Trinajstić information content (AvgIpc) is 3.20. The predicted molar refractivity (Wildman–Crippen MR) is 85.3 cm³/mol. The van der Waals surface area contributed by atoms with Crippen molar-refractivity contribution >= 4 is 21.8 Å². The van der Waals surface area contributed by atoms with E-state index in [-0.39, 0.29) is 10.9 Å². The van der Waals surface area contributed by atoms with Crippen molar-refractivity contribution in [2.75, 3.05) is 0 Å². The summed E-state index contributed by atoms with van der Waals surface area (Å²) in [5.41, 5.74) is 2.77. The Morgan fingerprint density at radius 3 is 2.18 bits per heavy atom. The van der Waals surface area contributed by atoms with E-state index in [9.17, 15) is 9.59 Å². The summed E-state index contributed by atoms with van der Waals surface area (Å²) >= 11 is 0. The Balaban J connectivity index is 1.86. The molecule has 2 aliphatic rings. The molecule has 4 nitrogen and oxygen atoms in total. The normalized spacial score (nSPS) is 12.0. The molecule has 0 saturated carbocycles. The van der Waals surface area contributed by atoms with Gasteiger partial charge in [-0.3, -0.25) is 14.2 Å². The van der Waals surface area contributed by atoms with Gasteiger partial charge in [0.15, 0.2) is 0 Å². The lowest BCUT2D eigenvalue weighted by Crippen LogP contribution is -2.02. The van der Waals surface area contributed by atoms with Gasteiger partial charge < -0.3 is 4.98 Å². The molecular weight excluding hydrogens is 276 g/mol. The molecule has 1 aromatic heterocycles. The van der Waals surface area contributed by atoms with E-state index in [4.69, 9.17) is 0 Å². The molecule has 0 bridgehead atoms. The van der Waals surface area contributed by atoms with Gasteiger partial charge in [0.05, 0.1) is 0 Å². The average molecular weight is 286 g/mol. The molecule has 0 spiro atoms. The number of fused-ring (bicyclic) bond motifs is 3. The summed E-state index contributed by atoms with van der Waals surface area (Å²) in [4.78, 5) is 27.1. The van der Waals surface area contributed by atoms with Gasteiger partial charge in [0.1, 0.15) is 10.7 Å². The molecule has 0 radical (unpaired) electrons. The van der Waals surface area contributed by atoms with Crippen LogP contribution in [0.2, 0.25) is 0 Å². The van der Waals surface area contributed by atoms with E-state index in [1.165, 1.54) is 12.1 Å². The van der Waals surface area contributed by atoms with Crippen LogP contribution in [-0.4, -0.2) is 9.55 Å². The van der Waals surface area contributed by atoms with Gasteiger partial charge in [-0.2, -0.15) is 0 Å². The van der Waals surface area contributed by atoms with Crippen LogP contribution in [0.5, 0.6) is 0 Å². The van der Waals surface area contributed by atoms with Crippen molar-refractivity contribution in [3.8, 4) is 5.69 Å². The second-order valence-electron chi connectivity index (χ2n) is 5.49. The highest BCUT2D eigenvalue weighted by Crippen LogP contribution is 2.28. The molecule has 104 valence electrons. The zero-order chi connectivity index (χ0) is 14.8. The van der Waals surface area contributed by atoms with Gasteiger partial charge in [0.25, 0.3) is 0 Å². The Morgan fingerprint density at radius 1 is 0.727 bits per heavy atom.